The van der Waals surface area contributed by atoms with Gasteiger partial charge >= 0.3 is 0 Å². The molecule has 2 rings (SSSR count). The molecule has 1 heterocycles. The summed E-state index contributed by atoms with van der Waals surface area (Å²) in [6, 6.07) is 13.8. The number of hydrogen-bond donors (Lipinski definition) is 2. The molecule has 0 saturated carbocycles. The van der Waals surface area contributed by atoms with E-state index < -0.39 is 5.91 Å². The maximum atomic E-state index is 11.5. The highest BCUT2D eigenvalue weighted by atomic mass is 16.1. The Kier molecular flexibility index (Phi) is 4.93. The van der Waals surface area contributed by atoms with Crippen LogP contribution < -0.4 is 11.1 Å². The second-order valence-corrected chi connectivity index (χ2v) is 5.13. The summed E-state index contributed by atoms with van der Waals surface area (Å²) < 4.78 is 0. The molecule has 0 aliphatic carbocycles. The maximum Gasteiger partial charge on any atom is 0.250 e. The van der Waals surface area contributed by atoms with Gasteiger partial charge < -0.3 is 11.1 Å². The number of carbonyl (C=O) groups is 1. The first-order valence-electron chi connectivity index (χ1n) is 7.18. The predicted molar refractivity (Wildman–Crippen MR) is 85.3 cm³/mol. The fourth-order valence-corrected chi connectivity index (χ4v) is 2.29. The van der Waals surface area contributed by atoms with Crippen LogP contribution >= 0.6 is 0 Å². The van der Waals surface area contributed by atoms with Gasteiger partial charge in [-0.05, 0) is 37.6 Å². The number of amides is 1. The van der Waals surface area contributed by atoms with Crippen LogP contribution in [0.25, 0.3) is 0 Å². The first-order chi connectivity index (χ1) is 10.1. The van der Waals surface area contributed by atoms with Gasteiger partial charge in [0.1, 0.15) is 0 Å². The highest BCUT2D eigenvalue weighted by Crippen LogP contribution is 2.15. The van der Waals surface area contributed by atoms with Crippen molar-refractivity contribution < 1.29 is 4.79 Å². The summed E-state index contributed by atoms with van der Waals surface area (Å²) in [5.74, 6) is -0.424. The van der Waals surface area contributed by atoms with E-state index in [1.165, 1.54) is 0 Å². The largest absolute Gasteiger partial charge is 0.382 e. The fraction of sp³-hybridized carbons (Fsp3) is 0.294. The van der Waals surface area contributed by atoms with E-state index in [1.807, 2.05) is 43.3 Å². The molecule has 21 heavy (non-hydrogen) atoms. The molecule has 1 amide bonds. The van der Waals surface area contributed by atoms with Gasteiger partial charge in [0.2, 0.25) is 0 Å². The smallest absolute Gasteiger partial charge is 0.250 e. The number of para-hydroxylation sites is 1. The second-order valence-electron chi connectivity index (χ2n) is 5.13. The Morgan fingerprint density at radius 3 is 2.57 bits per heavy atom. The molecular weight excluding hydrogens is 262 g/mol. The molecule has 0 saturated heterocycles. The summed E-state index contributed by atoms with van der Waals surface area (Å²) in [6.07, 6.45) is 1.61. The highest BCUT2D eigenvalue weighted by molar-refractivity contribution is 5.93. The third-order valence-corrected chi connectivity index (χ3v) is 3.46. The molecule has 0 aliphatic rings. The molecule has 0 spiro atoms. The number of benzene rings is 1. The molecule has 2 aromatic rings. The standard InChI is InChI=1S/C17H21N3O/c1-3-13(20-14-7-5-4-6-8-14)11-16-15(17(18)21)10-9-12(2)19-16/h4-10,13,20H,3,11H2,1-2H3,(H2,18,21)/t13-/m1/s1. The van der Waals surface area contributed by atoms with Crippen molar-refractivity contribution in [2.45, 2.75) is 32.7 Å². The van der Waals surface area contributed by atoms with Gasteiger partial charge in [-0.25, -0.2) is 0 Å². The fourth-order valence-electron chi connectivity index (χ4n) is 2.29. The number of nitrogens with one attached hydrogen (secondary N) is 1. The summed E-state index contributed by atoms with van der Waals surface area (Å²) >= 11 is 0. The summed E-state index contributed by atoms with van der Waals surface area (Å²) in [5, 5.41) is 3.47. The van der Waals surface area contributed by atoms with Crippen LogP contribution in [-0.2, 0) is 6.42 Å². The van der Waals surface area contributed by atoms with E-state index in [0.29, 0.717) is 12.0 Å². The lowest BCUT2D eigenvalue weighted by molar-refractivity contribution is 0.0999. The van der Waals surface area contributed by atoms with E-state index in [9.17, 15) is 4.79 Å². The average molecular weight is 283 g/mol. The number of hydrogen-bond acceptors (Lipinski definition) is 3. The van der Waals surface area contributed by atoms with Crippen molar-refractivity contribution in [3.8, 4) is 0 Å². The topological polar surface area (TPSA) is 68.0 Å². The number of nitrogens with two attached hydrogens (primary N) is 1. The first-order valence-corrected chi connectivity index (χ1v) is 7.18. The Labute approximate surface area is 125 Å². The third-order valence-electron chi connectivity index (χ3n) is 3.46. The number of primary amides is 1. The lowest BCUT2D eigenvalue weighted by Crippen LogP contribution is -2.24. The zero-order chi connectivity index (χ0) is 15.2. The minimum atomic E-state index is -0.424. The van der Waals surface area contributed by atoms with Crippen LogP contribution in [-0.4, -0.2) is 16.9 Å². The van der Waals surface area contributed by atoms with E-state index in [4.69, 9.17) is 5.73 Å². The SMILES string of the molecule is CC[C@H](Cc1nc(C)ccc1C(N)=O)Nc1ccccc1. The minimum absolute atomic E-state index is 0.208. The Hall–Kier alpha value is -2.36. The first kappa shape index (κ1) is 15.0. The number of anilines is 1. The number of aryl methyl sites for hydroxylation is 1. The summed E-state index contributed by atoms with van der Waals surface area (Å²) in [5.41, 5.74) is 8.67. The van der Waals surface area contributed by atoms with Gasteiger partial charge in [-0.2, -0.15) is 0 Å². The van der Waals surface area contributed by atoms with Crippen LogP contribution in [0.15, 0.2) is 42.5 Å². The Bertz CT molecular complexity index is 611. The molecule has 3 N–H and O–H groups in total. The van der Waals surface area contributed by atoms with Crippen LogP contribution in [0.5, 0.6) is 0 Å². The molecule has 4 nitrogen and oxygen atoms in total. The highest BCUT2D eigenvalue weighted by Gasteiger charge is 2.15. The zero-order valence-electron chi connectivity index (χ0n) is 12.5. The van der Waals surface area contributed by atoms with Gasteiger partial charge in [0, 0.05) is 23.8 Å². The number of nitrogens with zero attached hydrogens (tertiary/aromatic N) is 1. The van der Waals surface area contributed by atoms with Crippen LogP contribution in [0.2, 0.25) is 0 Å². The Morgan fingerprint density at radius 2 is 1.95 bits per heavy atom. The van der Waals surface area contributed by atoms with Crippen LogP contribution in [0.4, 0.5) is 5.69 Å². The second kappa shape index (κ2) is 6.88. The normalized spacial score (nSPS) is 11.9. The van der Waals surface area contributed by atoms with E-state index in [2.05, 4.69) is 17.2 Å². The predicted octanol–water partition coefficient (Wildman–Crippen LogP) is 2.92. The molecule has 4 heteroatoms. The van der Waals surface area contributed by atoms with Gasteiger partial charge in [0.15, 0.2) is 0 Å². The van der Waals surface area contributed by atoms with Crippen LogP contribution in [0.1, 0.15) is 35.1 Å². The third kappa shape index (κ3) is 4.05. The van der Waals surface area contributed by atoms with Crippen molar-refractivity contribution in [2.75, 3.05) is 5.32 Å². The minimum Gasteiger partial charge on any atom is -0.382 e. The van der Waals surface area contributed by atoms with Gasteiger partial charge in [0.05, 0.1) is 11.3 Å². The molecule has 110 valence electrons. The van der Waals surface area contributed by atoms with Crippen molar-refractivity contribution in [1.82, 2.24) is 4.98 Å². The van der Waals surface area contributed by atoms with Gasteiger partial charge in [-0.15, -0.1) is 0 Å². The molecule has 0 bridgehead atoms. The summed E-state index contributed by atoms with van der Waals surface area (Å²) in [7, 11) is 0. The lowest BCUT2D eigenvalue weighted by atomic mass is 10.0. The van der Waals surface area contributed by atoms with Crippen molar-refractivity contribution in [3.63, 3.8) is 0 Å². The summed E-state index contributed by atoms with van der Waals surface area (Å²) in [6.45, 7) is 4.03. The number of pyridine rings is 1. The monoisotopic (exact) mass is 283 g/mol. The average Bonchev–Trinajstić information content (AvgIpc) is 2.47. The molecule has 0 unspecified atom stereocenters. The van der Waals surface area contributed by atoms with Crippen molar-refractivity contribution >= 4 is 11.6 Å². The lowest BCUT2D eigenvalue weighted by Gasteiger charge is -2.19. The Balaban J connectivity index is 2.18. The Morgan fingerprint density at radius 1 is 1.24 bits per heavy atom. The quantitative estimate of drug-likeness (QED) is 0.856. The molecule has 0 fully saturated rings. The van der Waals surface area contributed by atoms with Crippen LogP contribution in [0, 0.1) is 6.92 Å². The van der Waals surface area contributed by atoms with E-state index in [1.54, 1.807) is 6.07 Å². The molecule has 0 radical (unpaired) electrons. The van der Waals surface area contributed by atoms with Crippen LogP contribution in [0.3, 0.4) is 0 Å². The van der Waals surface area contributed by atoms with Gasteiger partial charge in [0.25, 0.3) is 5.91 Å². The molecule has 1 aromatic heterocycles. The zero-order valence-corrected chi connectivity index (χ0v) is 12.5. The van der Waals surface area contributed by atoms with Gasteiger partial charge in [-0.1, -0.05) is 25.1 Å². The van der Waals surface area contributed by atoms with E-state index in [-0.39, 0.29) is 6.04 Å². The maximum absolute atomic E-state index is 11.5. The van der Waals surface area contributed by atoms with Crippen molar-refractivity contribution in [3.05, 3.63) is 59.4 Å². The number of aromatic nitrogens is 1. The molecule has 1 atom stereocenters. The van der Waals surface area contributed by atoms with E-state index >= 15 is 0 Å². The molecular formula is C17H21N3O. The van der Waals surface area contributed by atoms with Gasteiger partial charge in [-0.3, -0.25) is 9.78 Å². The van der Waals surface area contributed by atoms with Crippen molar-refractivity contribution in [2.24, 2.45) is 5.73 Å². The van der Waals surface area contributed by atoms with Crippen molar-refractivity contribution in [1.29, 1.82) is 0 Å². The van der Waals surface area contributed by atoms with E-state index in [0.717, 1.165) is 23.5 Å². The molecule has 1 aromatic carbocycles. The number of rotatable bonds is 6. The number of carbonyl (C=O) groups excluding carboxylic acids is 1. The summed E-state index contributed by atoms with van der Waals surface area (Å²) in [4.78, 5) is 16.0. The molecule has 0 aliphatic heterocycles.